The van der Waals surface area contributed by atoms with E-state index in [-0.39, 0.29) is 23.7 Å². The van der Waals surface area contributed by atoms with E-state index < -0.39 is 11.2 Å². The Kier molecular flexibility index (Phi) is 6.39. The summed E-state index contributed by atoms with van der Waals surface area (Å²) in [7, 11) is 0. The van der Waals surface area contributed by atoms with Crippen molar-refractivity contribution in [2.75, 3.05) is 18.1 Å². The third-order valence-corrected chi connectivity index (χ3v) is 7.03. The summed E-state index contributed by atoms with van der Waals surface area (Å²) in [5, 5.41) is 2.42. The maximum absolute atomic E-state index is 13.4. The number of thioether (sulfide) groups is 1. The molecule has 2 aliphatic heterocycles. The van der Waals surface area contributed by atoms with Gasteiger partial charge in [-0.1, -0.05) is 31.2 Å². The number of nitrogens with zero attached hydrogens (tertiary/aromatic N) is 1. The molecular formula is C23H25FN2O3S. The summed E-state index contributed by atoms with van der Waals surface area (Å²) in [6.07, 6.45) is 2.03. The number of rotatable bonds is 6. The van der Waals surface area contributed by atoms with Crippen LogP contribution in [0.3, 0.4) is 0 Å². The summed E-state index contributed by atoms with van der Waals surface area (Å²) >= 11 is 1.43. The first-order chi connectivity index (χ1) is 14.5. The topological polar surface area (TPSA) is 58.6 Å². The lowest BCUT2D eigenvalue weighted by molar-refractivity contribution is -0.128. The molecular weight excluding hydrogens is 403 g/mol. The van der Waals surface area contributed by atoms with Crippen molar-refractivity contribution in [3.8, 4) is 0 Å². The lowest BCUT2D eigenvalue weighted by Gasteiger charge is -2.35. The molecule has 7 heteroatoms. The molecule has 4 rings (SSSR count). The molecule has 2 amide bonds. The van der Waals surface area contributed by atoms with E-state index in [1.54, 1.807) is 24.0 Å². The van der Waals surface area contributed by atoms with E-state index in [1.807, 2.05) is 24.3 Å². The van der Waals surface area contributed by atoms with Gasteiger partial charge in [-0.05, 0) is 42.7 Å². The average Bonchev–Trinajstić information content (AvgIpc) is 3.28. The van der Waals surface area contributed by atoms with Gasteiger partial charge in [0, 0.05) is 18.0 Å². The van der Waals surface area contributed by atoms with Gasteiger partial charge in [0.1, 0.15) is 11.1 Å². The Labute approximate surface area is 180 Å². The average molecular weight is 429 g/mol. The lowest BCUT2D eigenvalue weighted by atomic mass is 10.0. The molecule has 30 heavy (non-hydrogen) atoms. The third-order valence-electron chi connectivity index (χ3n) is 5.57. The van der Waals surface area contributed by atoms with E-state index in [1.165, 1.54) is 23.9 Å². The highest BCUT2D eigenvalue weighted by Crippen LogP contribution is 2.42. The quantitative estimate of drug-likeness (QED) is 0.761. The number of carbonyl (C=O) groups is 2. The number of hydrogen-bond acceptors (Lipinski definition) is 4. The lowest BCUT2D eigenvalue weighted by Crippen LogP contribution is -2.48. The predicted octanol–water partition coefficient (Wildman–Crippen LogP) is 3.76. The van der Waals surface area contributed by atoms with Gasteiger partial charge in [-0.15, -0.1) is 11.8 Å². The van der Waals surface area contributed by atoms with Gasteiger partial charge in [0.2, 0.25) is 11.8 Å². The number of hydrogen-bond donors (Lipinski definition) is 1. The van der Waals surface area contributed by atoms with Crippen LogP contribution in [0.15, 0.2) is 53.4 Å². The van der Waals surface area contributed by atoms with Crippen LogP contribution < -0.4 is 10.2 Å². The summed E-state index contributed by atoms with van der Waals surface area (Å²) in [5.41, 5.74) is 1.65. The molecule has 0 unspecified atom stereocenters. The molecule has 2 aromatic rings. The zero-order chi connectivity index (χ0) is 21.1. The normalized spacial score (nSPS) is 21.9. The molecule has 5 nitrogen and oxygen atoms in total. The SMILES string of the molecule is C[C@H](C(=O)NC[C@@H]1CCCO1)[C@@H]1Sc2ccccc2N(Cc2ccc(F)cc2)C1=O. The predicted molar refractivity (Wildman–Crippen MR) is 115 cm³/mol. The van der Waals surface area contributed by atoms with E-state index in [0.29, 0.717) is 13.1 Å². The van der Waals surface area contributed by atoms with Crippen molar-refractivity contribution in [2.24, 2.45) is 5.92 Å². The molecule has 0 spiro atoms. The van der Waals surface area contributed by atoms with Crippen molar-refractivity contribution in [1.29, 1.82) is 0 Å². The molecule has 0 radical (unpaired) electrons. The number of anilines is 1. The summed E-state index contributed by atoms with van der Waals surface area (Å²) in [4.78, 5) is 28.8. The zero-order valence-corrected chi connectivity index (χ0v) is 17.7. The van der Waals surface area contributed by atoms with Gasteiger partial charge in [-0.25, -0.2) is 4.39 Å². The van der Waals surface area contributed by atoms with E-state index >= 15 is 0 Å². The molecule has 1 N–H and O–H groups in total. The van der Waals surface area contributed by atoms with Crippen LogP contribution in [0.1, 0.15) is 25.3 Å². The van der Waals surface area contributed by atoms with Crippen molar-refractivity contribution in [2.45, 2.75) is 42.6 Å². The molecule has 0 aliphatic carbocycles. The number of carbonyl (C=O) groups excluding carboxylic acids is 2. The van der Waals surface area contributed by atoms with Crippen LogP contribution in [0.2, 0.25) is 0 Å². The van der Waals surface area contributed by atoms with Gasteiger partial charge >= 0.3 is 0 Å². The Morgan fingerprint density at radius 2 is 2.03 bits per heavy atom. The number of ether oxygens (including phenoxy) is 1. The first-order valence-electron chi connectivity index (χ1n) is 10.2. The Bertz CT molecular complexity index is 915. The summed E-state index contributed by atoms with van der Waals surface area (Å²) in [5.74, 6) is -1.05. The Hall–Kier alpha value is -2.38. The largest absolute Gasteiger partial charge is 0.376 e. The Morgan fingerprint density at radius 1 is 1.27 bits per heavy atom. The Balaban J connectivity index is 1.51. The smallest absolute Gasteiger partial charge is 0.241 e. The van der Waals surface area contributed by atoms with Gasteiger partial charge in [0.25, 0.3) is 0 Å². The molecule has 1 saturated heterocycles. The number of nitrogens with one attached hydrogen (secondary N) is 1. The number of halogens is 1. The van der Waals surface area contributed by atoms with Crippen LogP contribution >= 0.6 is 11.8 Å². The summed E-state index contributed by atoms with van der Waals surface area (Å²) in [6.45, 7) is 3.34. The van der Waals surface area contributed by atoms with Crippen LogP contribution in [0.4, 0.5) is 10.1 Å². The van der Waals surface area contributed by atoms with Crippen LogP contribution in [-0.2, 0) is 20.9 Å². The Morgan fingerprint density at radius 3 is 2.77 bits per heavy atom. The highest BCUT2D eigenvalue weighted by Gasteiger charge is 2.39. The number of fused-ring (bicyclic) bond motifs is 1. The highest BCUT2D eigenvalue weighted by molar-refractivity contribution is 8.01. The van der Waals surface area contributed by atoms with Crippen molar-refractivity contribution in [3.05, 3.63) is 59.9 Å². The molecule has 1 fully saturated rings. The summed E-state index contributed by atoms with van der Waals surface area (Å²) in [6, 6.07) is 13.8. The first kappa shape index (κ1) is 20.9. The highest BCUT2D eigenvalue weighted by atomic mass is 32.2. The molecule has 2 aromatic carbocycles. The molecule has 0 saturated carbocycles. The van der Waals surface area contributed by atoms with Crippen molar-refractivity contribution >= 4 is 29.3 Å². The zero-order valence-electron chi connectivity index (χ0n) is 16.8. The van der Waals surface area contributed by atoms with Gasteiger partial charge in [0.05, 0.1) is 24.3 Å². The number of benzene rings is 2. The molecule has 0 aromatic heterocycles. The maximum atomic E-state index is 13.4. The maximum Gasteiger partial charge on any atom is 0.241 e. The second-order valence-corrected chi connectivity index (χ2v) is 8.91. The fourth-order valence-corrected chi connectivity index (χ4v) is 5.09. The van der Waals surface area contributed by atoms with E-state index in [4.69, 9.17) is 4.74 Å². The molecule has 158 valence electrons. The molecule has 3 atom stereocenters. The van der Waals surface area contributed by atoms with Crippen LogP contribution in [0.25, 0.3) is 0 Å². The van der Waals surface area contributed by atoms with Gasteiger partial charge in [-0.3, -0.25) is 9.59 Å². The van der Waals surface area contributed by atoms with Crippen LogP contribution in [0.5, 0.6) is 0 Å². The van der Waals surface area contributed by atoms with Crippen molar-refractivity contribution in [1.82, 2.24) is 5.32 Å². The number of para-hydroxylation sites is 1. The summed E-state index contributed by atoms with van der Waals surface area (Å²) < 4.78 is 18.9. The first-order valence-corrected chi connectivity index (χ1v) is 11.1. The second kappa shape index (κ2) is 9.18. The molecule has 2 aliphatic rings. The fourth-order valence-electron chi connectivity index (χ4n) is 3.81. The molecule has 0 bridgehead atoms. The monoisotopic (exact) mass is 428 g/mol. The fraction of sp³-hybridized carbons (Fsp3) is 0.391. The minimum absolute atomic E-state index is 0.0616. The van der Waals surface area contributed by atoms with E-state index in [9.17, 15) is 14.0 Å². The minimum Gasteiger partial charge on any atom is -0.376 e. The molecule has 2 heterocycles. The van der Waals surface area contributed by atoms with E-state index in [0.717, 1.165) is 35.6 Å². The minimum atomic E-state index is -0.523. The second-order valence-electron chi connectivity index (χ2n) is 7.73. The van der Waals surface area contributed by atoms with E-state index in [2.05, 4.69) is 5.32 Å². The van der Waals surface area contributed by atoms with Gasteiger partial charge < -0.3 is 15.0 Å². The standard InChI is InChI=1S/C23H25FN2O3S/c1-15(22(27)25-13-18-5-4-12-29-18)21-23(28)26(14-16-8-10-17(24)11-9-16)19-6-2-3-7-20(19)30-21/h2-3,6-11,15,18,21H,4-5,12-14H2,1H3,(H,25,27)/t15-,18-,21-/m0/s1. The van der Waals surface area contributed by atoms with Crippen LogP contribution in [0, 0.1) is 11.7 Å². The third kappa shape index (κ3) is 4.52. The van der Waals surface area contributed by atoms with Gasteiger partial charge in [-0.2, -0.15) is 0 Å². The van der Waals surface area contributed by atoms with Gasteiger partial charge in [0.15, 0.2) is 0 Å². The van der Waals surface area contributed by atoms with Crippen molar-refractivity contribution in [3.63, 3.8) is 0 Å². The van der Waals surface area contributed by atoms with Crippen molar-refractivity contribution < 1.29 is 18.7 Å². The number of amides is 2. The van der Waals surface area contributed by atoms with Crippen LogP contribution in [-0.4, -0.2) is 36.3 Å².